The fraction of sp³-hybridized carbons (Fsp3) is 0.615. The van der Waals surface area contributed by atoms with E-state index in [1.54, 1.807) is 0 Å². The van der Waals surface area contributed by atoms with Gasteiger partial charge in [0.15, 0.2) is 0 Å². The van der Waals surface area contributed by atoms with Crippen LogP contribution in [0.15, 0.2) is 18.3 Å². The van der Waals surface area contributed by atoms with Crippen LogP contribution in [0.1, 0.15) is 38.3 Å². The molecule has 0 aliphatic carbocycles. The highest BCUT2D eigenvalue weighted by Crippen LogP contribution is 2.31. The summed E-state index contributed by atoms with van der Waals surface area (Å²) in [6, 6.07) is 4.69. The highest BCUT2D eigenvalue weighted by molar-refractivity contribution is 5.21. The average Bonchev–Trinajstić information content (AvgIpc) is 2.78. The summed E-state index contributed by atoms with van der Waals surface area (Å²) in [6.45, 7) is 7.22. The first-order valence-electron chi connectivity index (χ1n) is 6.18. The van der Waals surface area contributed by atoms with Gasteiger partial charge < -0.3 is 4.74 Å². The Bertz CT molecular complexity index is 323. The molecule has 2 rings (SSSR count). The van der Waals surface area contributed by atoms with E-state index in [1.165, 1.54) is 24.9 Å². The first kappa shape index (κ1) is 11.4. The molecule has 1 aromatic heterocycles. The maximum atomic E-state index is 5.35. The molecule has 1 aliphatic rings. The fourth-order valence-corrected chi connectivity index (χ4v) is 2.40. The number of rotatable bonds is 4. The molecule has 2 heterocycles. The first-order chi connectivity index (χ1) is 7.85. The van der Waals surface area contributed by atoms with Gasteiger partial charge in [-0.2, -0.15) is 0 Å². The van der Waals surface area contributed by atoms with Crippen molar-refractivity contribution in [2.45, 2.75) is 32.7 Å². The fourth-order valence-electron chi connectivity index (χ4n) is 2.40. The van der Waals surface area contributed by atoms with Crippen molar-refractivity contribution in [2.24, 2.45) is 0 Å². The van der Waals surface area contributed by atoms with E-state index < -0.39 is 0 Å². The molecule has 1 aromatic rings. The summed E-state index contributed by atoms with van der Waals surface area (Å²) >= 11 is 0. The Hall–Kier alpha value is -1.09. The Morgan fingerprint density at radius 3 is 2.94 bits per heavy atom. The summed E-state index contributed by atoms with van der Waals surface area (Å²) in [4.78, 5) is 6.84. The van der Waals surface area contributed by atoms with Crippen molar-refractivity contribution in [1.29, 1.82) is 0 Å². The van der Waals surface area contributed by atoms with Gasteiger partial charge in [0, 0.05) is 18.3 Å². The second kappa shape index (κ2) is 5.30. The van der Waals surface area contributed by atoms with Gasteiger partial charge in [0.2, 0.25) is 5.88 Å². The van der Waals surface area contributed by atoms with Crippen LogP contribution in [0.25, 0.3) is 0 Å². The topological polar surface area (TPSA) is 25.4 Å². The summed E-state index contributed by atoms with van der Waals surface area (Å²) in [5.41, 5.74) is 1.32. The van der Waals surface area contributed by atoms with Gasteiger partial charge in [-0.1, -0.05) is 13.0 Å². The molecule has 0 N–H and O–H groups in total. The summed E-state index contributed by atoms with van der Waals surface area (Å²) < 4.78 is 5.35. The highest BCUT2D eigenvalue weighted by atomic mass is 16.5. The van der Waals surface area contributed by atoms with E-state index >= 15 is 0 Å². The van der Waals surface area contributed by atoms with Gasteiger partial charge in [0.05, 0.1) is 6.61 Å². The maximum absolute atomic E-state index is 5.35. The monoisotopic (exact) mass is 220 g/mol. The van der Waals surface area contributed by atoms with Gasteiger partial charge >= 0.3 is 0 Å². The smallest absolute Gasteiger partial charge is 0.213 e. The Kier molecular flexibility index (Phi) is 3.78. The second-order valence-electron chi connectivity index (χ2n) is 4.15. The zero-order valence-corrected chi connectivity index (χ0v) is 10.1. The lowest BCUT2D eigenvalue weighted by Crippen LogP contribution is -2.22. The van der Waals surface area contributed by atoms with Gasteiger partial charge in [0.1, 0.15) is 0 Å². The zero-order valence-electron chi connectivity index (χ0n) is 10.1. The number of hydrogen-bond acceptors (Lipinski definition) is 3. The van der Waals surface area contributed by atoms with Crippen LogP contribution in [0, 0.1) is 0 Å². The van der Waals surface area contributed by atoms with Crippen LogP contribution in [-0.2, 0) is 0 Å². The molecule has 1 unspecified atom stereocenters. The van der Waals surface area contributed by atoms with E-state index in [4.69, 9.17) is 4.74 Å². The van der Waals surface area contributed by atoms with Crippen LogP contribution < -0.4 is 4.74 Å². The highest BCUT2D eigenvalue weighted by Gasteiger charge is 2.24. The maximum Gasteiger partial charge on any atom is 0.213 e. The third kappa shape index (κ3) is 2.35. The largest absolute Gasteiger partial charge is 0.478 e. The Morgan fingerprint density at radius 1 is 1.44 bits per heavy atom. The third-order valence-electron chi connectivity index (χ3n) is 3.21. The Balaban J connectivity index is 2.08. The number of hydrogen-bond donors (Lipinski definition) is 0. The van der Waals surface area contributed by atoms with Gasteiger partial charge in [-0.15, -0.1) is 0 Å². The summed E-state index contributed by atoms with van der Waals surface area (Å²) in [5.74, 6) is 0.729. The number of likely N-dealkylation sites (tertiary alicyclic amines) is 1. The summed E-state index contributed by atoms with van der Waals surface area (Å²) in [7, 11) is 0. The zero-order chi connectivity index (χ0) is 11.4. The van der Waals surface area contributed by atoms with E-state index in [1.807, 2.05) is 19.2 Å². The molecule has 3 nitrogen and oxygen atoms in total. The molecule has 0 radical (unpaired) electrons. The lowest BCUT2D eigenvalue weighted by Gasteiger charge is -2.22. The average molecular weight is 220 g/mol. The first-order valence-corrected chi connectivity index (χ1v) is 6.18. The van der Waals surface area contributed by atoms with Crippen molar-refractivity contribution in [1.82, 2.24) is 9.88 Å². The summed E-state index contributed by atoms with van der Waals surface area (Å²) in [6.07, 6.45) is 4.51. The van der Waals surface area contributed by atoms with E-state index in [9.17, 15) is 0 Å². The number of pyridine rings is 1. The quantitative estimate of drug-likeness (QED) is 0.780. The predicted molar refractivity (Wildman–Crippen MR) is 64.6 cm³/mol. The van der Waals surface area contributed by atoms with Gasteiger partial charge in [-0.25, -0.2) is 4.98 Å². The van der Waals surface area contributed by atoms with Crippen molar-refractivity contribution in [2.75, 3.05) is 19.7 Å². The van der Waals surface area contributed by atoms with Crippen molar-refractivity contribution < 1.29 is 4.74 Å². The SMILES string of the molecule is CCOc1ccc(C2CCCN2CC)cn1. The van der Waals surface area contributed by atoms with Crippen molar-refractivity contribution >= 4 is 0 Å². The van der Waals surface area contributed by atoms with Crippen molar-refractivity contribution in [3.63, 3.8) is 0 Å². The normalized spacial score (nSPS) is 21.2. The van der Waals surface area contributed by atoms with E-state index in [0.29, 0.717) is 12.6 Å². The third-order valence-corrected chi connectivity index (χ3v) is 3.21. The molecule has 0 bridgehead atoms. The molecule has 1 saturated heterocycles. The molecule has 3 heteroatoms. The molecule has 1 fully saturated rings. The van der Waals surface area contributed by atoms with Crippen LogP contribution >= 0.6 is 0 Å². The Labute approximate surface area is 97.4 Å². The van der Waals surface area contributed by atoms with Crippen LogP contribution in [0.4, 0.5) is 0 Å². The minimum atomic E-state index is 0.563. The number of nitrogens with zero attached hydrogens (tertiary/aromatic N) is 2. The second-order valence-corrected chi connectivity index (χ2v) is 4.15. The van der Waals surface area contributed by atoms with Crippen LogP contribution in [0.5, 0.6) is 5.88 Å². The van der Waals surface area contributed by atoms with Crippen molar-refractivity contribution in [3.05, 3.63) is 23.9 Å². The van der Waals surface area contributed by atoms with Crippen LogP contribution in [0.3, 0.4) is 0 Å². The van der Waals surface area contributed by atoms with E-state index in [2.05, 4.69) is 22.9 Å². The summed E-state index contributed by atoms with van der Waals surface area (Å²) in [5, 5.41) is 0. The number of aromatic nitrogens is 1. The molecule has 1 aliphatic heterocycles. The molecule has 0 spiro atoms. The molecular weight excluding hydrogens is 200 g/mol. The minimum Gasteiger partial charge on any atom is -0.478 e. The molecule has 0 amide bonds. The molecule has 1 atom stereocenters. The van der Waals surface area contributed by atoms with Gasteiger partial charge in [-0.3, -0.25) is 4.90 Å². The van der Waals surface area contributed by atoms with Gasteiger partial charge in [0.25, 0.3) is 0 Å². The van der Waals surface area contributed by atoms with E-state index in [-0.39, 0.29) is 0 Å². The number of ether oxygens (including phenoxy) is 1. The minimum absolute atomic E-state index is 0.563. The lowest BCUT2D eigenvalue weighted by atomic mass is 10.1. The molecule has 0 saturated carbocycles. The standard InChI is InChI=1S/C13H20N2O/c1-3-15-9-5-6-12(15)11-7-8-13(14-10-11)16-4-2/h7-8,10,12H,3-6,9H2,1-2H3. The molecule has 88 valence electrons. The van der Waals surface area contributed by atoms with Crippen LogP contribution in [0.2, 0.25) is 0 Å². The predicted octanol–water partition coefficient (Wildman–Crippen LogP) is 2.64. The molecular formula is C13H20N2O. The van der Waals surface area contributed by atoms with Crippen LogP contribution in [-0.4, -0.2) is 29.6 Å². The van der Waals surface area contributed by atoms with Gasteiger partial charge in [-0.05, 0) is 38.4 Å². The lowest BCUT2D eigenvalue weighted by molar-refractivity contribution is 0.270. The Morgan fingerprint density at radius 2 is 2.31 bits per heavy atom. The van der Waals surface area contributed by atoms with Crippen molar-refractivity contribution in [3.8, 4) is 5.88 Å². The molecule has 16 heavy (non-hydrogen) atoms. The van der Waals surface area contributed by atoms with E-state index in [0.717, 1.165) is 12.4 Å². The molecule has 0 aromatic carbocycles.